The lowest BCUT2D eigenvalue weighted by atomic mass is 9.66. The predicted molar refractivity (Wildman–Crippen MR) is 150 cm³/mol. The van der Waals surface area contributed by atoms with Crippen LogP contribution in [0, 0.1) is 10.8 Å². The van der Waals surface area contributed by atoms with Gasteiger partial charge >= 0.3 is 0 Å². The number of ketones is 1. The number of carbonyl (C=O) groups excluding carboxylic acids is 1. The van der Waals surface area contributed by atoms with Crippen LogP contribution in [0.1, 0.15) is 111 Å². The Balaban J connectivity index is 0.00000167. The maximum Gasteiger partial charge on any atom is 0.166 e. The summed E-state index contributed by atoms with van der Waals surface area (Å²) in [5.74, 6) is 0.324. The van der Waals surface area contributed by atoms with Gasteiger partial charge < -0.3 is 5.11 Å². The molecule has 4 rings (SSSR count). The van der Waals surface area contributed by atoms with Crippen LogP contribution in [0.15, 0.2) is 65.0 Å². The molecule has 0 saturated heterocycles. The fraction of sp³-hybridized carbons (Fsp3) is 0.545. The molecule has 1 saturated carbocycles. The van der Waals surface area contributed by atoms with E-state index in [4.69, 9.17) is 0 Å². The highest BCUT2D eigenvalue weighted by atomic mass is 16.3. The van der Waals surface area contributed by atoms with Crippen molar-refractivity contribution in [2.75, 3.05) is 0 Å². The van der Waals surface area contributed by atoms with Crippen molar-refractivity contribution in [3.05, 3.63) is 76.1 Å². The fourth-order valence-electron chi connectivity index (χ4n) is 5.96. The summed E-state index contributed by atoms with van der Waals surface area (Å²) in [6, 6.07) is 8.45. The molecular weight excluding hydrogens is 428 g/mol. The number of aliphatic hydroxyl groups excluding tert-OH is 1. The van der Waals surface area contributed by atoms with E-state index in [9.17, 15) is 9.90 Å². The van der Waals surface area contributed by atoms with E-state index in [1.54, 1.807) is 5.57 Å². The van der Waals surface area contributed by atoms with Crippen LogP contribution in [0.25, 0.3) is 5.57 Å². The number of carbonyl (C=O) groups is 1. The van der Waals surface area contributed by atoms with E-state index in [0.29, 0.717) is 18.4 Å². The maximum absolute atomic E-state index is 12.3. The van der Waals surface area contributed by atoms with Crippen molar-refractivity contribution in [2.45, 2.75) is 106 Å². The summed E-state index contributed by atoms with van der Waals surface area (Å²) in [7, 11) is 0. The van der Waals surface area contributed by atoms with Gasteiger partial charge in [0.15, 0.2) is 5.78 Å². The van der Waals surface area contributed by atoms with Crippen LogP contribution in [0.5, 0.6) is 0 Å². The molecule has 0 atom stereocenters. The van der Waals surface area contributed by atoms with Gasteiger partial charge in [0, 0.05) is 23.7 Å². The quantitative estimate of drug-likeness (QED) is 0.417. The van der Waals surface area contributed by atoms with E-state index in [2.05, 4.69) is 71.9 Å². The molecule has 0 heterocycles. The van der Waals surface area contributed by atoms with Crippen LogP contribution >= 0.6 is 0 Å². The van der Waals surface area contributed by atoms with Crippen molar-refractivity contribution in [3.8, 4) is 0 Å². The molecule has 0 bridgehead atoms. The van der Waals surface area contributed by atoms with Crippen molar-refractivity contribution in [1.82, 2.24) is 0 Å². The van der Waals surface area contributed by atoms with Crippen LogP contribution in [-0.2, 0) is 10.2 Å². The minimum Gasteiger partial charge on any atom is -0.512 e. The first-order valence-corrected chi connectivity index (χ1v) is 13.7. The zero-order chi connectivity index (χ0) is 26.0. The third kappa shape index (κ3) is 5.57. The molecule has 0 radical (unpaired) electrons. The maximum atomic E-state index is 12.3. The Labute approximate surface area is 213 Å². The van der Waals surface area contributed by atoms with E-state index in [1.165, 1.54) is 29.6 Å². The van der Waals surface area contributed by atoms with Gasteiger partial charge in [0.05, 0.1) is 5.57 Å². The average Bonchev–Trinajstić information content (AvgIpc) is 3.59. The Kier molecular flexibility index (Phi) is 8.04. The zero-order valence-corrected chi connectivity index (χ0v) is 23.3. The Bertz CT molecular complexity index is 1070. The summed E-state index contributed by atoms with van der Waals surface area (Å²) >= 11 is 0. The second-order valence-electron chi connectivity index (χ2n) is 11.6. The highest BCUT2D eigenvalue weighted by Crippen LogP contribution is 2.53. The molecule has 0 spiro atoms. The lowest BCUT2D eigenvalue weighted by Crippen LogP contribution is -2.25. The summed E-state index contributed by atoms with van der Waals surface area (Å²) in [5, 5.41) is 10.3. The smallest absolute Gasteiger partial charge is 0.166 e. The Morgan fingerprint density at radius 3 is 2.11 bits per heavy atom. The number of aliphatic hydroxyl groups is 1. The molecule has 35 heavy (non-hydrogen) atoms. The Hall–Kier alpha value is -2.35. The number of hydrogen-bond acceptors (Lipinski definition) is 2. The van der Waals surface area contributed by atoms with Crippen LogP contribution in [-0.4, -0.2) is 10.9 Å². The van der Waals surface area contributed by atoms with Gasteiger partial charge in [-0.1, -0.05) is 102 Å². The molecule has 0 amide bonds. The van der Waals surface area contributed by atoms with Crippen LogP contribution < -0.4 is 0 Å². The molecule has 0 aromatic heterocycles. The lowest BCUT2D eigenvalue weighted by molar-refractivity contribution is -0.114. The predicted octanol–water partition coefficient (Wildman–Crippen LogP) is 9.43. The van der Waals surface area contributed by atoms with Gasteiger partial charge in [-0.25, -0.2) is 0 Å². The average molecular weight is 475 g/mol. The second kappa shape index (κ2) is 10.3. The summed E-state index contributed by atoms with van der Waals surface area (Å²) in [6.45, 7) is 17.9. The van der Waals surface area contributed by atoms with E-state index in [0.717, 1.165) is 24.8 Å². The SMILES string of the molecule is CC.CCC1=C(/C=C(/C)CC2(c3ccc(C4=C(O)CCCC4=O)cc3)CC2)C(C)(C)C=CC1(C)C. The van der Waals surface area contributed by atoms with Crippen LogP contribution in [0.3, 0.4) is 0 Å². The molecule has 0 unspecified atom stereocenters. The number of allylic oxidation sites excluding steroid dienone is 8. The fourth-order valence-corrected chi connectivity index (χ4v) is 5.96. The Morgan fingerprint density at radius 2 is 1.57 bits per heavy atom. The van der Waals surface area contributed by atoms with Gasteiger partial charge in [-0.05, 0) is 61.1 Å². The van der Waals surface area contributed by atoms with Crippen molar-refractivity contribution < 1.29 is 9.90 Å². The number of benzene rings is 1. The largest absolute Gasteiger partial charge is 0.512 e. The molecule has 1 aromatic carbocycles. The molecule has 3 aliphatic rings. The standard InChI is InChI=1S/C31H40O2.C2H6/c1-7-24-25(30(5,6)16-15-29(24,3)4)19-21(2)20-31(17-18-31)23-13-11-22(12-14-23)28-26(32)9-8-10-27(28)33;1-2/h11-16,19,32H,7-10,17-18,20H2,1-6H3;1-2H3/b21-19-;. The van der Waals surface area contributed by atoms with Crippen LogP contribution in [0.4, 0.5) is 0 Å². The van der Waals surface area contributed by atoms with Gasteiger partial charge in [-0.15, -0.1) is 0 Å². The van der Waals surface area contributed by atoms with E-state index < -0.39 is 0 Å². The highest BCUT2D eigenvalue weighted by molar-refractivity contribution is 6.21. The molecule has 2 heteroatoms. The normalized spacial score (nSPS) is 22.6. The van der Waals surface area contributed by atoms with Gasteiger partial charge in [-0.3, -0.25) is 4.79 Å². The topological polar surface area (TPSA) is 37.3 Å². The van der Waals surface area contributed by atoms with E-state index in [-0.39, 0.29) is 27.8 Å². The number of Topliss-reactive ketones (excluding diaryl/α,β-unsaturated/α-hetero) is 1. The first-order chi connectivity index (χ1) is 16.5. The molecule has 1 fully saturated rings. The van der Waals surface area contributed by atoms with Crippen molar-refractivity contribution in [2.24, 2.45) is 10.8 Å². The molecule has 1 N–H and O–H groups in total. The summed E-state index contributed by atoms with van der Waals surface area (Å²) < 4.78 is 0. The lowest BCUT2D eigenvalue weighted by Gasteiger charge is -2.38. The van der Waals surface area contributed by atoms with Crippen molar-refractivity contribution in [1.29, 1.82) is 0 Å². The Morgan fingerprint density at radius 1 is 0.971 bits per heavy atom. The van der Waals surface area contributed by atoms with Crippen LogP contribution in [0.2, 0.25) is 0 Å². The second-order valence-corrected chi connectivity index (χ2v) is 11.6. The molecule has 190 valence electrons. The monoisotopic (exact) mass is 474 g/mol. The molecular formula is C33H46O2. The number of rotatable bonds is 6. The van der Waals surface area contributed by atoms with Gasteiger partial charge in [0.1, 0.15) is 5.76 Å². The van der Waals surface area contributed by atoms with Gasteiger partial charge in [0.2, 0.25) is 0 Å². The molecule has 2 nitrogen and oxygen atoms in total. The first kappa shape index (κ1) is 27.2. The third-order valence-corrected chi connectivity index (χ3v) is 8.10. The minimum atomic E-state index is 0.0583. The first-order valence-electron chi connectivity index (χ1n) is 13.7. The van der Waals surface area contributed by atoms with Crippen molar-refractivity contribution >= 4 is 11.4 Å². The summed E-state index contributed by atoms with van der Waals surface area (Å²) in [5.41, 5.74) is 7.61. The molecule has 0 aliphatic heterocycles. The summed E-state index contributed by atoms with van der Waals surface area (Å²) in [6.07, 6.45) is 13.7. The van der Waals surface area contributed by atoms with E-state index >= 15 is 0 Å². The molecule has 1 aromatic rings. The van der Waals surface area contributed by atoms with Gasteiger partial charge in [0.25, 0.3) is 0 Å². The van der Waals surface area contributed by atoms with E-state index in [1.807, 2.05) is 26.0 Å². The highest BCUT2D eigenvalue weighted by Gasteiger charge is 2.44. The van der Waals surface area contributed by atoms with Crippen molar-refractivity contribution in [3.63, 3.8) is 0 Å². The molecule has 3 aliphatic carbocycles. The summed E-state index contributed by atoms with van der Waals surface area (Å²) in [4.78, 5) is 12.3. The third-order valence-electron chi connectivity index (χ3n) is 8.10. The zero-order valence-electron chi connectivity index (χ0n) is 23.3. The van der Waals surface area contributed by atoms with Gasteiger partial charge in [-0.2, -0.15) is 0 Å². The number of hydrogen-bond donors (Lipinski definition) is 1. The minimum absolute atomic E-state index is 0.0583.